The van der Waals surface area contributed by atoms with Crippen molar-refractivity contribution < 1.29 is 38.9 Å². The lowest BCUT2D eigenvalue weighted by Crippen LogP contribution is -2.54. The normalized spacial score (nSPS) is 15.2. The lowest BCUT2D eigenvalue weighted by molar-refractivity contribution is -0.141. The number of carbonyl (C=O) groups excluding carboxylic acids is 3. The minimum atomic E-state index is -0.699. The average Bonchev–Trinajstić information content (AvgIpc) is 3.56. The zero-order valence-corrected chi connectivity index (χ0v) is 29.0. The van der Waals surface area contributed by atoms with Gasteiger partial charge in [-0.05, 0) is 42.9 Å². The Labute approximate surface area is 282 Å². The number of ether oxygens (including phenoxy) is 3. The van der Waals surface area contributed by atoms with Crippen LogP contribution in [0.3, 0.4) is 0 Å². The number of hydroxylamine groups is 1. The number of likely N-dealkylation sites (tertiary alicyclic amines) is 1. The molecule has 3 atom stereocenters. The molecular formula is C33H53N7O8. The van der Waals surface area contributed by atoms with Crippen molar-refractivity contribution in [3.8, 4) is 17.2 Å². The number of benzene rings is 1. The van der Waals surface area contributed by atoms with Crippen LogP contribution >= 0.6 is 0 Å². The maximum absolute atomic E-state index is 12.9. The number of aromatic nitrogens is 2. The molecule has 0 saturated carbocycles. The van der Waals surface area contributed by atoms with Crippen LogP contribution in [0, 0.1) is 11.8 Å². The van der Waals surface area contributed by atoms with E-state index in [1.165, 1.54) is 0 Å². The van der Waals surface area contributed by atoms with E-state index in [4.69, 9.17) is 30.9 Å². The molecule has 3 amide bonds. The van der Waals surface area contributed by atoms with E-state index in [0.29, 0.717) is 42.5 Å². The highest BCUT2D eigenvalue weighted by atomic mass is 16.5. The molecule has 15 nitrogen and oxygen atoms in total. The molecule has 0 spiro atoms. The molecule has 2 heterocycles. The molecule has 0 bridgehead atoms. The largest absolute Gasteiger partial charge is 0.493 e. The fraction of sp³-hybridized carbons (Fsp3) is 0.606. The molecule has 1 fully saturated rings. The monoisotopic (exact) mass is 675 g/mol. The predicted octanol–water partition coefficient (Wildman–Crippen LogP) is 2.46. The number of carbonyl (C=O) groups is 3. The Kier molecular flexibility index (Phi) is 16.7. The van der Waals surface area contributed by atoms with Crippen molar-refractivity contribution in [1.29, 1.82) is 0 Å². The highest BCUT2D eigenvalue weighted by molar-refractivity contribution is 5.91. The van der Waals surface area contributed by atoms with Gasteiger partial charge in [-0.2, -0.15) is 4.98 Å². The maximum Gasteiger partial charge on any atom is 0.245 e. The number of rotatable bonds is 16. The Morgan fingerprint density at radius 1 is 1.08 bits per heavy atom. The second-order valence-corrected chi connectivity index (χ2v) is 12.0. The second-order valence-electron chi connectivity index (χ2n) is 12.0. The number of nitrogen functional groups attached to an aromatic ring is 2. The summed E-state index contributed by atoms with van der Waals surface area (Å²) < 4.78 is 15.9. The van der Waals surface area contributed by atoms with Gasteiger partial charge in [0, 0.05) is 37.1 Å². The highest BCUT2D eigenvalue weighted by Crippen LogP contribution is 2.38. The van der Waals surface area contributed by atoms with Gasteiger partial charge < -0.3 is 41.0 Å². The third kappa shape index (κ3) is 11.4. The molecular weight excluding hydrogens is 622 g/mol. The Bertz CT molecular complexity index is 1320. The highest BCUT2D eigenvalue weighted by Gasteiger charge is 2.36. The number of aliphatic hydroxyl groups excluding tert-OH is 1. The predicted molar refractivity (Wildman–Crippen MR) is 181 cm³/mol. The molecule has 1 aromatic heterocycles. The van der Waals surface area contributed by atoms with Crippen LogP contribution in [0.15, 0.2) is 18.3 Å². The van der Waals surface area contributed by atoms with Crippen molar-refractivity contribution in [2.24, 2.45) is 11.8 Å². The van der Waals surface area contributed by atoms with E-state index in [1.54, 1.807) is 37.9 Å². The lowest BCUT2D eigenvalue weighted by Gasteiger charge is -2.31. The molecule has 0 radical (unpaired) electrons. The van der Waals surface area contributed by atoms with E-state index in [-0.39, 0.29) is 42.8 Å². The van der Waals surface area contributed by atoms with Crippen LogP contribution in [-0.2, 0) is 20.8 Å². The van der Waals surface area contributed by atoms with Crippen LogP contribution in [0.1, 0.15) is 76.8 Å². The van der Waals surface area contributed by atoms with Crippen LogP contribution in [0.25, 0.3) is 0 Å². The summed E-state index contributed by atoms with van der Waals surface area (Å²) in [7, 11) is 4.70. The van der Waals surface area contributed by atoms with Gasteiger partial charge in [0.25, 0.3) is 0 Å². The Hall–Kier alpha value is -4.37. The van der Waals surface area contributed by atoms with Gasteiger partial charge in [0.1, 0.15) is 11.9 Å². The smallest absolute Gasteiger partial charge is 0.245 e. The summed E-state index contributed by atoms with van der Waals surface area (Å²) in [4.78, 5) is 46.8. The lowest BCUT2D eigenvalue weighted by atomic mass is 9.94. The summed E-state index contributed by atoms with van der Waals surface area (Å²) >= 11 is 0. The second kappa shape index (κ2) is 20.1. The van der Waals surface area contributed by atoms with Gasteiger partial charge in [0.05, 0.1) is 34.0 Å². The molecule has 2 aromatic rings. The number of anilines is 2. The fourth-order valence-electron chi connectivity index (χ4n) is 5.54. The van der Waals surface area contributed by atoms with Crippen molar-refractivity contribution in [2.75, 3.05) is 45.9 Å². The molecule has 8 N–H and O–H groups in total. The van der Waals surface area contributed by atoms with Gasteiger partial charge in [0.15, 0.2) is 11.5 Å². The van der Waals surface area contributed by atoms with Gasteiger partial charge >= 0.3 is 0 Å². The molecule has 48 heavy (non-hydrogen) atoms. The number of nitrogens with two attached hydrogens (primary N) is 2. The topological polar surface area (TPSA) is 224 Å². The maximum atomic E-state index is 12.9. The van der Waals surface area contributed by atoms with Crippen molar-refractivity contribution in [3.63, 3.8) is 0 Å². The molecule has 268 valence electrons. The standard InChI is InChI=1S/C19H35N3O5.C14H18N4O3/c1-4-5-6-8-14(11-16(24)21-27)18(25)20-17(13(2)3)19(26)22-10-7-9-15(22)12-23;1-19-10-5-8(6-11(20-2)12(10)21-3)4-9-7-17-14(16)18-13(9)15/h13-15,17,23,27H,4-12H2,1-3H3,(H,20,25)(H,21,24);5-7H,4H2,1-3H3,(H4,15,16,17,18). The first-order chi connectivity index (χ1) is 22.9. The SMILES string of the molecule is CCCCCC(CC(=O)NO)C(=O)NC(C(=O)N1CCCC1CO)C(C)C.COc1cc(Cc2cnc(N)nc2N)cc(OC)c1OC. The Morgan fingerprint density at radius 3 is 2.27 bits per heavy atom. The summed E-state index contributed by atoms with van der Waals surface area (Å²) in [6.45, 7) is 6.27. The first kappa shape index (κ1) is 39.8. The molecule has 1 aromatic carbocycles. The van der Waals surface area contributed by atoms with E-state index in [9.17, 15) is 19.5 Å². The first-order valence-corrected chi connectivity index (χ1v) is 16.2. The third-order valence-corrected chi connectivity index (χ3v) is 8.22. The number of nitrogens with one attached hydrogen (secondary N) is 2. The van der Waals surface area contributed by atoms with Crippen LogP contribution < -0.4 is 36.5 Å². The van der Waals surface area contributed by atoms with Crippen molar-refractivity contribution in [1.82, 2.24) is 25.7 Å². The van der Waals surface area contributed by atoms with Gasteiger partial charge in [-0.15, -0.1) is 0 Å². The number of aliphatic hydroxyl groups is 1. The minimum Gasteiger partial charge on any atom is -0.493 e. The van der Waals surface area contributed by atoms with Crippen LogP contribution in [0.2, 0.25) is 0 Å². The van der Waals surface area contributed by atoms with E-state index >= 15 is 0 Å². The summed E-state index contributed by atoms with van der Waals surface area (Å²) in [6.07, 6.45) is 6.89. The van der Waals surface area contributed by atoms with Crippen LogP contribution in [0.5, 0.6) is 17.2 Å². The number of nitrogens with zero attached hydrogens (tertiary/aromatic N) is 3. The van der Waals surface area contributed by atoms with E-state index in [2.05, 4.69) is 22.2 Å². The van der Waals surface area contributed by atoms with Crippen molar-refractivity contribution in [2.45, 2.75) is 84.2 Å². The number of unbranched alkanes of at least 4 members (excludes halogenated alkanes) is 2. The van der Waals surface area contributed by atoms with Gasteiger partial charge in [-0.25, -0.2) is 10.5 Å². The molecule has 1 aliphatic rings. The molecule has 1 aliphatic heterocycles. The molecule has 1 saturated heterocycles. The summed E-state index contributed by atoms with van der Waals surface area (Å²) in [6, 6.07) is 2.82. The zero-order valence-electron chi connectivity index (χ0n) is 29.0. The fourth-order valence-corrected chi connectivity index (χ4v) is 5.54. The first-order valence-electron chi connectivity index (χ1n) is 16.2. The Morgan fingerprint density at radius 2 is 1.75 bits per heavy atom. The van der Waals surface area contributed by atoms with Gasteiger partial charge in [-0.3, -0.25) is 19.6 Å². The van der Waals surface area contributed by atoms with E-state index in [1.807, 2.05) is 26.0 Å². The summed E-state index contributed by atoms with van der Waals surface area (Å²) in [5, 5.41) is 21.1. The number of methoxy groups -OCH3 is 3. The molecule has 3 rings (SSSR count). The number of amides is 3. The minimum absolute atomic E-state index is 0.0825. The van der Waals surface area contributed by atoms with E-state index < -0.39 is 17.9 Å². The third-order valence-electron chi connectivity index (χ3n) is 8.22. The van der Waals surface area contributed by atoms with Crippen LogP contribution in [0.4, 0.5) is 11.8 Å². The molecule has 15 heteroatoms. The van der Waals surface area contributed by atoms with Crippen molar-refractivity contribution >= 4 is 29.5 Å². The number of hydrogen-bond acceptors (Lipinski definition) is 12. The average molecular weight is 676 g/mol. The number of hydrogen-bond donors (Lipinski definition) is 6. The van der Waals surface area contributed by atoms with E-state index in [0.717, 1.165) is 43.2 Å². The Balaban J connectivity index is 0.000000343. The zero-order chi connectivity index (χ0) is 35.8. The van der Waals surface area contributed by atoms with Gasteiger partial charge in [-0.1, -0.05) is 40.0 Å². The van der Waals surface area contributed by atoms with Crippen molar-refractivity contribution in [3.05, 3.63) is 29.5 Å². The summed E-state index contributed by atoms with van der Waals surface area (Å²) in [5.74, 6) is 0.370. The quantitative estimate of drug-likeness (QED) is 0.0857. The van der Waals surface area contributed by atoms with Crippen LogP contribution in [-0.4, -0.2) is 89.5 Å². The van der Waals surface area contributed by atoms with Gasteiger partial charge in [0.2, 0.25) is 29.4 Å². The molecule has 3 unspecified atom stereocenters. The summed E-state index contributed by atoms with van der Waals surface area (Å²) in [5.41, 5.74) is 14.6. The molecule has 0 aliphatic carbocycles.